The molecule has 0 aromatic heterocycles. The Morgan fingerprint density at radius 1 is 1.41 bits per heavy atom. The highest BCUT2D eigenvalue weighted by molar-refractivity contribution is 7.99. The maximum Gasteiger partial charge on any atom is 0.177 e. The van der Waals surface area contributed by atoms with E-state index in [1.165, 1.54) is 17.8 Å². The van der Waals surface area contributed by atoms with Gasteiger partial charge in [0.2, 0.25) is 0 Å². The Bertz CT molecular complexity index is 524. The summed E-state index contributed by atoms with van der Waals surface area (Å²) < 4.78 is 23.2. The van der Waals surface area contributed by atoms with Gasteiger partial charge in [-0.3, -0.25) is 4.79 Å². The van der Waals surface area contributed by atoms with Crippen molar-refractivity contribution in [2.24, 2.45) is 0 Å². The zero-order chi connectivity index (χ0) is 13.1. The lowest BCUT2D eigenvalue weighted by atomic mass is 10.1. The summed E-state index contributed by atoms with van der Waals surface area (Å²) in [5.74, 6) is -0.109. The van der Waals surface area contributed by atoms with Crippen LogP contribution in [0.4, 0.5) is 0 Å². The van der Waals surface area contributed by atoms with Crippen LogP contribution in [-0.2, 0) is 9.84 Å². The maximum atomic E-state index is 11.8. The predicted octanol–water partition coefficient (Wildman–Crippen LogP) is 1.21. The molecule has 0 bridgehead atoms. The number of Topliss-reactive ketones (excluding diaryl/α,β-unsaturated/α-hetero) is 1. The molecule has 1 N–H and O–H groups in total. The van der Waals surface area contributed by atoms with Crippen molar-refractivity contribution in [2.75, 3.05) is 26.1 Å². The molecule has 1 rings (SSSR count). The highest BCUT2D eigenvalue weighted by Gasteiger charge is 2.19. The van der Waals surface area contributed by atoms with Crippen LogP contribution in [0.5, 0.6) is 0 Å². The van der Waals surface area contributed by atoms with Crippen molar-refractivity contribution in [3.05, 3.63) is 23.8 Å². The van der Waals surface area contributed by atoms with Crippen LogP contribution in [0.15, 0.2) is 28.0 Å². The van der Waals surface area contributed by atoms with Crippen LogP contribution in [0.25, 0.3) is 0 Å². The van der Waals surface area contributed by atoms with E-state index in [9.17, 15) is 13.2 Å². The van der Waals surface area contributed by atoms with E-state index in [1.54, 1.807) is 25.4 Å². The van der Waals surface area contributed by atoms with Gasteiger partial charge < -0.3 is 5.32 Å². The number of sulfone groups is 1. The van der Waals surface area contributed by atoms with E-state index in [1.807, 2.05) is 0 Å². The number of ketones is 1. The minimum atomic E-state index is -3.31. The minimum absolute atomic E-state index is 0.109. The highest BCUT2D eigenvalue weighted by atomic mass is 32.2. The first kappa shape index (κ1) is 14.2. The Kier molecular flexibility index (Phi) is 4.73. The van der Waals surface area contributed by atoms with E-state index in [0.29, 0.717) is 10.5 Å². The predicted molar refractivity (Wildman–Crippen MR) is 69.6 cm³/mol. The first-order valence-corrected chi connectivity index (χ1v) is 8.08. The van der Waals surface area contributed by atoms with E-state index in [-0.39, 0.29) is 17.2 Å². The summed E-state index contributed by atoms with van der Waals surface area (Å²) in [5, 5.41) is 2.77. The monoisotopic (exact) mass is 273 g/mol. The van der Waals surface area contributed by atoms with E-state index >= 15 is 0 Å². The molecule has 94 valence electrons. The summed E-state index contributed by atoms with van der Waals surface area (Å²) in [6.45, 7) is 0.195. The molecule has 0 aliphatic heterocycles. The van der Waals surface area contributed by atoms with Crippen LogP contribution >= 0.6 is 11.8 Å². The molecule has 0 saturated carbocycles. The van der Waals surface area contributed by atoms with Gasteiger partial charge in [-0.25, -0.2) is 8.42 Å². The van der Waals surface area contributed by atoms with Crippen molar-refractivity contribution < 1.29 is 13.2 Å². The van der Waals surface area contributed by atoms with Crippen LogP contribution in [-0.4, -0.2) is 40.3 Å². The van der Waals surface area contributed by atoms with Crippen LogP contribution in [0, 0.1) is 0 Å². The standard InChI is InChI=1S/C11H15NO3S2/c1-12-7-9(13)8-5-4-6-10(11(8)16-2)17(3,14)15/h4-6,12H,7H2,1-3H3. The Morgan fingerprint density at radius 2 is 2.06 bits per heavy atom. The topological polar surface area (TPSA) is 63.2 Å². The van der Waals surface area contributed by atoms with Crippen LogP contribution in [0.3, 0.4) is 0 Å². The second kappa shape index (κ2) is 5.66. The van der Waals surface area contributed by atoms with Gasteiger partial charge in [0, 0.05) is 16.7 Å². The number of rotatable bonds is 5. The van der Waals surface area contributed by atoms with Crippen LogP contribution in [0.2, 0.25) is 0 Å². The van der Waals surface area contributed by atoms with Gasteiger partial charge in [-0.2, -0.15) is 0 Å². The summed E-state index contributed by atoms with van der Waals surface area (Å²) in [7, 11) is -1.63. The number of nitrogens with one attached hydrogen (secondary N) is 1. The third-order valence-electron chi connectivity index (χ3n) is 2.22. The number of carbonyl (C=O) groups is 1. The smallest absolute Gasteiger partial charge is 0.177 e. The Morgan fingerprint density at radius 3 is 2.53 bits per heavy atom. The molecule has 0 atom stereocenters. The lowest BCUT2D eigenvalue weighted by Crippen LogP contribution is -2.19. The lowest BCUT2D eigenvalue weighted by molar-refractivity contribution is 0.0990. The molecule has 0 aliphatic rings. The van der Waals surface area contributed by atoms with E-state index in [2.05, 4.69) is 5.32 Å². The summed E-state index contributed by atoms with van der Waals surface area (Å²) in [6, 6.07) is 4.77. The fourth-order valence-corrected chi connectivity index (χ4v) is 3.64. The van der Waals surface area contributed by atoms with Gasteiger partial charge in [-0.05, 0) is 19.4 Å². The molecule has 0 heterocycles. The average Bonchev–Trinajstić information content (AvgIpc) is 2.27. The maximum absolute atomic E-state index is 11.8. The average molecular weight is 273 g/mol. The molecule has 4 nitrogen and oxygen atoms in total. The fraction of sp³-hybridized carbons (Fsp3) is 0.364. The molecule has 1 aromatic carbocycles. The number of hydrogen-bond acceptors (Lipinski definition) is 5. The molecule has 17 heavy (non-hydrogen) atoms. The Hall–Kier alpha value is -0.850. The van der Waals surface area contributed by atoms with Crippen LogP contribution in [0.1, 0.15) is 10.4 Å². The number of hydrogen-bond donors (Lipinski definition) is 1. The Labute approximate surface area is 106 Å². The number of thioether (sulfide) groups is 1. The molecule has 0 radical (unpaired) electrons. The number of benzene rings is 1. The molecule has 0 fully saturated rings. The van der Waals surface area contributed by atoms with Crippen LogP contribution < -0.4 is 5.32 Å². The molecule has 1 aromatic rings. The molecule has 6 heteroatoms. The second-order valence-corrected chi connectivity index (χ2v) is 6.36. The summed E-state index contributed by atoms with van der Waals surface area (Å²) >= 11 is 1.28. The van der Waals surface area contributed by atoms with Gasteiger partial charge in [0.05, 0.1) is 11.4 Å². The third-order valence-corrected chi connectivity index (χ3v) is 4.34. The van der Waals surface area contributed by atoms with E-state index < -0.39 is 9.84 Å². The van der Waals surface area contributed by atoms with Gasteiger partial charge in [0.1, 0.15) is 0 Å². The zero-order valence-electron chi connectivity index (χ0n) is 9.98. The van der Waals surface area contributed by atoms with Crippen molar-refractivity contribution in [2.45, 2.75) is 9.79 Å². The van der Waals surface area contributed by atoms with Crippen molar-refractivity contribution in [1.82, 2.24) is 5.32 Å². The highest BCUT2D eigenvalue weighted by Crippen LogP contribution is 2.28. The van der Waals surface area contributed by atoms with Crippen molar-refractivity contribution >= 4 is 27.4 Å². The number of likely N-dealkylation sites (N-methyl/N-ethyl adjacent to an activating group) is 1. The van der Waals surface area contributed by atoms with Gasteiger partial charge in [-0.1, -0.05) is 12.1 Å². The van der Waals surface area contributed by atoms with E-state index in [0.717, 1.165) is 6.26 Å². The van der Waals surface area contributed by atoms with Crippen molar-refractivity contribution in [3.63, 3.8) is 0 Å². The largest absolute Gasteiger partial charge is 0.313 e. The summed E-state index contributed by atoms with van der Waals surface area (Å²) in [4.78, 5) is 12.6. The Balaban J connectivity index is 3.39. The lowest BCUT2D eigenvalue weighted by Gasteiger charge is -2.10. The first-order chi connectivity index (χ1) is 7.91. The fourth-order valence-electron chi connectivity index (χ4n) is 1.49. The molecule has 0 spiro atoms. The second-order valence-electron chi connectivity index (χ2n) is 3.56. The molecule has 0 saturated heterocycles. The van der Waals surface area contributed by atoms with Gasteiger partial charge in [0.25, 0.3) is 0 Å². The summed E-state index contributed by atoms with van der Waals surface area (Å²) in [6.07, 6.45) is 2.91. The molecular weight excluding hydrogens is 258 g/mol. The van der Waals surface area contributed by atoms with Crippen molar-refractivity contribution in [3.8, 4) is 0 Å². The third kappa shape index (κ3) is 3.31. The quantitative estimate of drug-likeness (QED) is 0.645. The van der Waals surface area contributed by atoms with Crippen molar-refractivity contribution in [1.29, 1.82) is 0 Å². The molecular formula is C11H15NO3S2. The zero-order valence-corrected chi connectivity index (χ0v) is 11.6. The van der Waals surface area contributed by atoms with Gasteiger partial charge >= 0.3 is 0 Å². The summed E-state index contributed by atoms with van der Waals surface area (Å²) in [5.41, 5.74) is 0.453. The van der Waals surface area contributed by atoms with Gasteiger partial charge in [-0.15, -0.1) is 11.8 Å². The normalized spacial score (nSPS) is 11.5. The molecule has 0 amide bonds. The minimum Gasteiger partial charge on any atom is -0.313 e. The SMILES string of the molecule is CNCC(=O)c1cccc(S(C)(=O)=O)c1SC. The van der Waals surface area contributed by atoms with Gasteiger partial charge in [0.15, 0.2) is 15.6 Å². The molecule has 0 aliphatic carbocycles. The van der Waals surface area contributed by atoms with E-state index in [4.69, 9.17) is 0 Å². The number of carbonyl (C=O) groups excluding carboxylic acids is 1. The first-order valence-electron chi connectivity index (χ1n) is 4.96. The molecule has 0 unspecified atom stereocenters.